The number of para-hydroxylation sites is 2. The maximum Gasteiger partial charge on any atom is 0.270 e. The largest absolute Gasteiger partial charge is 0.383 e. The van der Waals surface area contributed by atoms with Crippen molar-refractivity contribution in [2.75, 3.05) is 12.3 Å². The molecular formula is C23H23N7O3. The van der Waals surface area contributed by atoms with E-state index in [2.05, 4.69) is 34.2 Å². The third-order valence-corrected chi connectivity index (χ3v) is 5.11. The van der Waals surface area contributed by atoms with E-state index in [0.717, 1.165) is 6.42 Å². The van der Waals surface area contributed by atoms with Crippen LogP contribution in [0.1, 0.15) is 36.2 Å². The highest BCUT2D eigenvalue weighted by atomic mass is 16.6. The summed E-state index contributed by atoms with van der Waals surface area (Å²) in [5.74, 6) is 0.170. The van der Waals surface area contributed by atoms with E-state index in [1.807, 2.05) is 24.3 Å². The number of rotatable bonds is 7. The van der Waals surface area contributed by atoms with Gasteiger partial charge in [0.25, 0.3) is 11.6 Å². The van der Waals surface area contributed by atoms with Gasteiger partial charge < -0.3 is 11.1 Å². The summed E-state index contributed by atoms with van der Waals surface area (Å²) >= 11 is 0. The van der Waals surface area contributed by atoms with Crippen molar-refractivity contribution >= 4 is 45.8 Å². The fraction of sp³-hybridized carbons (Fsp3) is 0.217. The molecule has 10 nitrogen and oxygen atoms in total. The Morgan fingerprint density at radius 1 is 1.21 bits per heavy atom. The van der Waals surface area contributed by atoms with Gasteiger partial charge in [0, 0.05) is 24.2 Å². The maximum atomic E-state index is 13.0. The summed E-state index contributed by atoms with van der Waals surface area (Å²) in [6, 6.07) is 13.3. The van der Waals surface area contributed by atoms with Crippen LogP contribution in [0.5, 0.6) is 0 Å². The normalized spacial score (nSPS) is 11.6. The monoisotopic (exact) mass is 445 g/mol. The zero-order chi connectivity index (χ0) is 23.5. The summed E-state index contributed by atoms with van der Waals surface area (Å²) < 4.78 is 1.34. The average molecular weight is 445 g/mol. The standard InChI is InChI=1S/C23H23N7O3/c1-14(2)10-11-25-23(31)19-20-22(28-18-9-4-3-8-17(18)27-20)29(21(19)24)26-13-15-6-5-7-16(12-15)30(32)33/h3-9,12-14H,10-11,24H2,1-2H3,(H,25,31)/b26-13+. The first-order valence-electron chi connectivity index (χ1n) is 10.5. The van der Waals surface area contributed by atoms with E-state index >= 15 is 0 Å². The van der Waals surface area contributed by atoms with Gasteiger partial charge in [-0.3, -0.25) is 14.9 Å². The first kappa shape index (κ1) is 21.9. The number of non-ortho nitro benzene ring substituents is 1. The number of nitro groups is 1. The van der Waals surface area contributed by atoms with Crippen LogP contribution in [0.4, 0.5) is 11.5 Å². The van der Waals surface area contributed by atoms with Crippen LogP contribution in [0.15, 0.2) is 53.6 Å². The number of hydrogen-bond donors (Lipinski definition) is 2. The second-order valence-electron chi connectivity index (χ2n) is 7.99. The van der Waals surface area contributed by atoms with E-state index in [1.165, 1.54) is 23.0 Å². The van der Waals surface area contributed by atoms with Gasteiger partial charge in [-0.05, 0) is 24.5 Å². The van der Waals surface area contributed by atoms with Crippen LogP contribution in [0.25, 0.3) is 22.2 Å². The molecule has 1 amide bonds. The molecule has 2 aromatic carbocycles. The molecule has 4 aromatic rings. The van der Waals surface area contributed by atoms with Crippen LogP contribution < -0.4 is 11.1 Å². The fourth-order valence-electron chi connectivity index (χ4n) is 3.39. The maximum absolute atomic E-state index is 13.0. The number of carbonyl (C=O) groups excluding carboxylic acids is 1. The molecule has 4 rings (SSSR count). The lowest BCUT2D eigenvalue weighted by Gasteiger charge is -2.07. The van der Waals surface area contributed by atoms with E-state index in [1.54, 1.807) is 12.1 Å². The number of nitrogens with one attached hydrogen (secondary N) is 1. The molecule has 0 bridgehead atoms. The molecule has 0 radical (unpaired) electrons. The molecule has 2 aromatic heterocycles. The number of anilines is 1. The average Bonchev–Trinajstić information content (AvgIpc) is 3.06. The van der Waals surface area contributed by atoms with E-state index < -0.39 is 4.92 Å². The van der Waals surface area contributed by atoms with E-state index in [-0.39, 0.29) is 23.0 Å². The molecule has 0 aliphatic rings. The Balaban J connectivity index is 1.82. The molecular weight excluding hydrogens is 422 g/mol. The summed E-state index contributed by atoms with van der Waals surface area (Å²) in [4.78, 5) is 32.8. The zero-order valence-corrected chi connectivity index (χ0v) is 18.2. The predicted octanol–water partition coefficient (Wildman–Crippen LogP) is 3.73. The Hall–Kier alpha value is -4.34. The van der Waals surface area contributed by atoms with Crippen molar-refractivity contribution in [1.82, 2.24) is 20.0 Å². The second-order valence-corrected chi connectivity index (χ2v) is 7.99. The van der Waals surface area contributed by atoms with Crippen LogP contribution in [-0.4, -0.2) is 38.2 Å². The highest BCUT2D eigenvalue weighted by molar-refractivity contribution is 6.10. The summed E-state index contributed by atoms with van der Waals surface area (Å²) in [6.45, 7) is 4.65. The zero-order valence-electron chi connectivity index (χ0n) is 18.2. The number of hydrogen-bond acceptors (Lipinski definition) is 7. The van der Waals surface area contributed by atoms with Gasteiger partial charge in [0.1, 0.15) is 16.9 Å². The smallest absolute Gasteiger partial charge is 0.270 e. The van der Waals surface area contributed by atoms with Crippen molar-refractivity contribution in [3.05, 3.63) is 69.8 Å². The second kappa shape index (κ2) is 9.03. The van der Waals surface area contributed by atoms with Gasteiger partial charge in [-0.2, -0.15) is 9.78 Å². The van der Waals surface area contributed by atoms with Crippen molar-refractivity contribution < 1.29 is 9.72 Å². The van der Waals surface area contributed by atoms with Crippen molar-refractivity contribution in [3.8, 4) is 0 Å². The van der Waals surface area contributed by atoms with Crippen LogP contribution in [0, 0.1) is 16.0 Å². The number of aromatic nitrogens is 3. The van der Waals surface area contributed by atoms with Gasteiger partial charge in [0.2, 0.25) is 0 Å². The van der Waals surface area contributed by atoms with Gasteiger partial charge in [-0.25, -0.2) is 9.97 Å². The molecule has 2 heterocycles. The SMILES string of the molecule is CC(C)CCNC(=O)c1c(N)n(/N=C/c2cccc([N+](=O)[O-])c2)c2nc3ccccc3nc12. The lowest BCUT2D eigenvalue weighted by Crippen LogP contribution is -2.26. The molecule has 0 aliphatic carbocycles. The number of fused-ring (bicyclic) bond motifs is 2. The summed E-state index contributed by atoms with van der Waals surface area (Å²) in [5, 5.41) is 18.3. The molecule has 10 heteroatoms. The number of amides is 1. The molecule has 33 heavy (non-hydrogen) atoms. The summed E-state index contributed by atoms with van der Waals surface area (Å²) in [6.07, 6.45) is 2.25. The lowest BCUT2D eigenvalue weighted by atomic mass is 10.1. The quantitative estimate of drug-likeness (QED) is 0.252. The number of nitrogens with two attached hydrogens (primary N) is 1. The first-order chi connectivity index (χ1) is 15.8. The molecule has 0 atom stereocenters. The molecule has 0 fully saturated rings. The van der Waals surface area contributed by atoms with E-state index in [4.69, 9.17) is 5.73 Å². The first-order valence-corrected chi connectivity index (χ1v) is 10.5. The number of benzene rings is 2. The van der Waals surface area contributed by atoms with Gasteiger partial charge in [0.15, 0.2) is 5.65 Å². The van der Waals surface area contributed by atoms with Gasteiger partial charge in [0.05, 0.1) is 22.2 Å². The van der Waals surface area contributed by atoms with E-state index in [9.17, 15) is 14.9 Å². The molecule has 3 N–H and O–H groups in total. The van der Waals surface area contributed by atoms with Crippen molar-refractivity contribution in [1.29, 1.82) is 0 Å². The van der Waals surface area contributed by atoms with Crippen molar-refractivity contribution in [2.45, 2.75) is 20.3 Å². The summed E-state index contributed by atoms with van der Waals surface area (Å²) in [7, 11) is 0. The number of nitrogens with zero attached hydrogens (tertiary/aromatic N) is 5. The van der Waals surface area contributed by atoms with Gasteiger partial charge >= 0.3 is 0 Å². The Morgan fingerprint density at radius 3 is 2.64 bits per heavy atom. The Kier molecular flexibility index (Phi) is 5.99. The van der Waals surface area contributed by atoms with Crippen molar-refractivity contribution in [3.63, 3.8) is 0 Å². The van der Waals surface area contributed by atoms with Crippen LogP contribution in [0.2, 0.25) is 0 Å². The number of nitro benzene ring substituents is 1. The molecule has 0 spiro atoms. The fourth-order valence-corrected chi connectivity index (χ4v) is 3.39. The minimum Gasteiger partial charge on any atom is -0.383 e. The molecule has 0 aliphatic heterocycles. The Bertz CT molecular complexity index is 1390. The highest BCUT2D eigenvalue weighted by Gasteiger charge is 2.24. The van der Waals surface area contributed by atoms with Crippen LogP contribution in [0.3, 0.4) is 0 Å². The topological polar surface area (TPSA) is 141 Å². The molecule has 0 saturated heterocycles. The highest BCUT2D eigenvalue weighted by Crippen LogP contribution is 2.28. The molecule has 168 valence electrons. The third kappa shape index (κ3) is 4.49. The van der Waals surface area contributed by atoms with Gasteiger partial charge in [-0.15, -0.1) is 0 Å². The Morgan fingerprint density at radius 2 is 1.94 bits per heavy atom. The van der Waals surface area contributed by atoms with Crippen LogP contribution in [-0.2, 0) is 0 Å². The number of nitrogen functional groups attached to an aromatic ring is 1. The minimum atomic E-state index is -0.478. The lowest BCUT2D eigenvalue weighted by molar-refractivity contribution is -0.384. The Labute approximate surface area is 189 Å². The number of carbonyl (C=O) groups is 1. The van der Waals surface area contributed by atoms with Crippen LogP contribution >= 0.6 is 0 Å². The predicted molar refractivity (Wildman–Crippen MR) is 127 cm³/mol. The van der Waals surface area contributed by atoms with Crippen molar-refractivity contribution in [2.24, 2.45) is 11.0 Å². The summed E-state index contributed by atoms with van der Waals surface area (Å²) in [5.41, 5.74) is 8.91. The third-order valence-electron chi connectivity index (χ3n) is 5.11. The van der Waals surface area contributed by atoms with E-state index in [0.29, 0.717) is 40.2 Å². The van der Waals surface area contributed by atoms with Gasteiger partial charge in [-0.1, -0.05) is 38.1 Å². The minimum absolute atomic E-state index is 0.0553. The molecule has 0 saturated carbocycles. The molecule has 0 unspecified atom stereocenters.